The van der Waals surface area contributed by atoms with E-state index in [1.54, 1.807) is 0 Å². The molecule has 0 bridgehead atoms. The Kier molecular flexibility index (Phi) is 7.23. The predicted octanol–water partition coefficient (Wildman–Crippen LogP) is 4.28. The standard InChI is InChI=1S/C17H33NO/c1-2-18-17(15-10-6-5-7-11-15)14-19-16-12-8-3-4-9-13-16/h15-18H,2-14H2,1H3. The lowest BCUT2D eigenvalue weighted by Crippen LogP contribution is -2.41. The van der Waals surface area contributed by atoms with Gasteiger partial charge in [-0.2, -0.15) is 0 Å². The second-order valence-corrected chi connectivity index (χ2v) is 6.51. The number of nitrogens with one attached hydrogen (secondary N) is 1. The predicted molar refractivity (Wildman–Crippen MR) is 81.5 cm³/mol. The maximum atomic E-state index is 6.27. The molecule has 0 radical (unpaired) electrons. The Morgan fingerprint density at radius 3 is 2.11 bits per heavy atom. The van der Waals surface area contributed by atoms with Crippen LogP contribution < -0.4 is 5.32 Å². The van der Waals surface area contributed by atoms with Crippen LogP contribution in [0, 0.1) is 5.92 Å². The first-order valence-corrected chi connectivity index (χ1v) is 8.75. The van der Waals surface area contributed by atoms with Gasteiger partial charge in [-0.3, -0.25) is 0 Å². The average Bonchev–Trinajstić information content (AvgIpc) is 2.73. The van der Waals surface area contributed by atoms with Crippen LogP contribution in [-0.2, 0) is 4.74 Å². The zero-order chi connectivity index (χ0) is 13.3. The van der Waals surface area contributed by atoms with E-state index in [4.69, 9.17) is 4.74 Å². The van der Waals surface area contributed by atoms with Gasteiger partial charge in [0.25, 0.3) is 0 Å². The van der Waals surface area contributed by atoms with Crippen LogP contribution in [0.1, 0.15) is 77.6 Å². The zero-order valence-electron chi connectivity index (χ0n) is 12.8. The maximum absolute atomic E-state index is 6.27. The van der Waals surface area contributed by atoms with Gasteiger partial charge in [-0.05, 0) is 38.1 Å². The van der Waals surface area contributed by atoms with Crippen LogP contribution in [0.15, 0.2) is 0 Å². The third kappa shape index (κ3) is 5.43. The van der Waals surface area contributed by atoms with Gasteiger partial charge in [0, 0.05) is 6.04 Å². The van der Waals surface area contributed by atoms with Gasteiger partial charge in [0.05, 0.1) is 12.7 Å². The minimum atomic E-state index is 0.548. The van der Waals surface area contributed by atoms with Crippen LogP contribution in [0.3, 0.4) is 0 Å². The Hall–Kier alpha value is -0.0800. The van der Waals surface area contributed by atoms with E-state index in [0.717, 1.165) is 19.1 Å². The SMILES string of the molecule is CCNC(COC1CCCCCC1)C1CCCCC1. The van der Waals surface area contributed by atoms with Crippen LogP contribution in [0.2, 0.25) is 0 Å². The molecular weight excluding hydrogens is 234 g/mol. The van der Waals surface area contributed by atoms with Crippen LogP contribution in [-0.4, -0.2) is 25.3 Å². The van der Waals surface area contributed by atoms with Gasteiger partial charge in [-0.15, -0.1) is 0 Å². The largest absolute Gasteiger partial charge is 0.377 e. The van der Waals surface area contributed by atoms with Gasteiger partial charge < -0.3 is 10.1 Å². The summed E-state index contributed by atoms with van der Waals surface area (Å²) in [6.45, 7) is 4.25. The summed E-state index contributed by atoms with van der Waals surface area (Å²) in [5.41, 5.74) is 0. The van der Waals surface area contributed by atoms with E-state index in [2.05, 4.69) is 12.2 Å². The third-order valence-electron chi connectivity index (χ3n) is 5.00. The Bertz CT molecular complexity index is 217. The van der Waals surface area contributed by atoms with E-state index < -0.39 is 0 Å². The number of ether oxygens (including phenoxy) is 1. The molecular formula is C17H33NO. The molecule has 0 aromatic heterocycles. The van der Waals surface area contributed by atoms with Gasteiger partial charge in [-0.25, -0.2) is 0 Å². The minimum absolute atomic E-state index is 0.548. The molecule has 0 aliphatic heterocycles. The Balaban J connectivity index is 1.75. The third-order valence-corrected chi connectivity index (χ3v) is 5.00. The van der Waals surface area contributed by atoms with Gasteiger partial charge in [0.2, 0.25) is 0 Å². The van der Waals surface area contributed by atoms with Crippen LogP contribution >= 0.6 is 0 Å². The number of rotatable bonds is 6. The average molecular weight is 267 g/mol. The van der Waals surface area contributed by atoms with Crippen molar-refractivity contribution >= 4 is 0 Å². The van der Waals surface area contributed by atoms with E-state index in [1.807, 2.05) is 0 Å². The fourth-order valence-electron chi connectivity index (χ4n) is 3.81. The van der Waals surface area contributed by atoms with E-state index in [-0.39, 0.29) is 0 Å². The molecule has 0 aromatic rings. The van der Waals surface area contributed by atoms with Crippen molar-refractivity contribution in [1.29, 1.82) is 0 Å². The summed E-state index contributed by atoms with van der Waals surface area (Å²) in [6, 6.07) is 0.605. The van der Waals surface area contributed by atoms with E-state index in [9.17, 15) is 0 Å². The monoisotopic (exact) mass is 267 g/mol. The summed E-state index contributed by atoms with van der Waals surface area (Å²) in [5.74, 6) is 0.861. The van der Waals surface area contributed by atoms with Gasteiger partial charge in [0.15, 0.2) is 0 Å². The van der Waals surface area contributed by atoms with E-state index in [1.165, 1.54) is 70.6 Å². The first-order valence-electron chi connectivity index (χ1n) is 8.75. The molecule has 0 aromatic carbocycles. The molecule has 19 heavy (non-hydrogen) atoms. The second-order valence-electron chi connectivity index (χ2n) is 6.51. The van der Waals surface area contributed by atoms with Crippen molar-refractivity contribution in [3.05, 3.63) is 0 Å². The lowest BCUT2D eigenvalue weighted by molar-refractivity contribution is 0.0156. The highest BCUT2D eigenvalue weighted by molar-refractivity contribution is 4.79. The van der Waals surface area contributed by atoms with E-state index in [0.29, 0.717) is 12.1 Å². The summed E-state index contributed by atoms with van der Waals surface area (Å²) in [7, 11) is 0. The lowest BCUT2D eigenvalue weighted by atomic mass is 9.84. The van der Waals surface area contributed by atoms with Crippen molar-refractivity contribution in [2.75, 3.05) is 13.2 Å². The van der Waals surface area contributed by atoms with Crippen LogP contribution in [0.5, 0.6) is 0 Å². The quantitative estimate of drug-likeness (QED) is 0.725. The summed E-state index contributed by atoms with van der Waals surface area (Å²) in [4.78, 5) is 0. The van der Waals surface area contributed by atoms with Gasteiger partial charge in [0.1, 0.15) is 0 Å². The topological polar surface area (TPSA) is 21.3 Å². The molecule has 2 aliphatic carbocycles. The Morgan fingerprint density at radius 2 is 1.47 bits per heavy atom. The highest BCUT2D eigenvalue weighted by atomic mass is 16.5. The molecule has 0 heterocycles. The second kappa shape index (κ2) is 8.97. The molecule has 112 valence electrons. The molecule has 0 spiro atoms. The zero-order valence-corrected chi connectivity index (χ0v) is 12.8. The highest BCUT2D eigenvalue weighted by Crippen LogP contribution is 2.27. The molecule has 0 amide bonds. The molecule has 0 saturated heterocycles. The molecule has 2 aliphatic rings. The molecule has 1 unspecified atom stereocenters. The summed E-state index contributed by atoms with van der Waals surface area (Å²) in [5, 5.41) is 3.68. The summed E-state index contributed by atoms with van der Waals surface area (Å²) >= 11 is 0. The van der Waals surface area contributed by atoms with Crippen molar-refractivity contribution < 1.29 is 4.74 Å². The Labute approximate surface area is 119 Å². The van der Waals surface area contributed by atoms with Crippen molar-refractivity contribution in [2.45, 2.75) is 89.7 Å². The van der Waals surface area contributed by atoms with Crippen molar-refractivity contribution in [2.24, 2.45) is 5.92 Å². The maximum Gasteiger partial charge on any atom is 0.0626 e. The fourth-order valence-corrected chi connectivity index (χ4v) is 3.81. The molecule has 2 rings (SSSR count). The van der Waals surface area contributed by atoms with Crippen molar-refractivity contribution in [3.8, 4) is 0 Å². The number of hydrogen-bond donors (Lipinski definition) is 1. The fraction of sp³-hybridized carbons (Fsp3) is 1.00. The molecule has 1 atom stereocenters. The van der Waals surface area contributed by atoms with Gasteiger partial charge >= 0.3 is 0 Å². The molecule has 2 heteroatoms. The van der Waals surface area contributed by atoms with Gasteiger partial charge in [-0.1, -0.05) is 51.9 Å². The molecule has 2 saturated carbocycles. The molecule has 2 fully saturated rings. The van der Waals surface area contributed by atoms with E-state index >= 15 is 0 Å². The van der Waals surface area contributed by atoms with Crippen molar-refractivity contribution in [3.63, 3.8) is 0 Å². The minimum Gasteiger partial charge on any atom is -0.377 e. The molecule has 1 N–H and O–H groups in total. The first kappa shape index (κ1) is 15.3. The highest BCUT2D eigenvalue weighted by Gasteiger charge is 2.24. The van der Waals surface area contributed by atoms with Crippen LogP contribution in [0.4, 0.5) is 0 Å². The number of hydrogen-bond acceptors (Lipinski definition) is 2. The smallest absolute Gasteiger partial charge is 0.0626 e. The lowest BCUT2D eigenvalue weighted by Gasteiger charge is -2.32. The summed E-state index contributed by atoms with van der Waals surface area (Å²) < 4.78 is 6.27. The molecule has 2 nitrogen and oxygen atoms in total. The number of likely N-dealkylation sites (N-methyl/N-ethyl adjacent to an activating group) is 1. The van der Waals surface area contributed by atoms with Crippen LogP contribution in [0.25, 0.3) is 0 Å². The Morgan fingerprint density at radius 1 is 0.895 bits per heavy atom. The summed E-state index contributed by atoms with van der Waals surface area (Å²) in [6.07, 6.45) is 15.8. The normalized spacial score (nSPS) is 25.1. The van der Waals surface area contributed by atoms with Crippen molar-refractivity contribution in [1.82, 2.24) is 5.32 Å². The first-order chi connectivity index (χ1) is 9.40.